The maximum atomic E-state index is 11.4. The summed E-state index contributed by atoms with van der Waals surface area (Å²) >= 11 is 5.85. The third-order valence-corrected chi connectivity index (χ3v) is 3.49. The number of nitrogens with zero attached hydrogens (tertiary/aromatic N) is 4. The molecule has 0 unspecified atom stereocenters. The third kappa shape index (κ3) is 3.70. The standard InChI is InChI=1S/C17H13ClN4O/c18-16-7-9-20-17(21-16)22(12-23)15-5-3-13(4-6-15)10-14-2-1-8-19-11-14/h1-9,11-12H,10H2. The van der Waals surface area contributed by atoms with E-state index in [1.165, 1.54) is 11.1 Å². The van der Waals surface area contributed by atoms with Gasteiger partial charge in [-0.2, -0.15) is 0 Å². The lowest BCUT2D eigenvalue weighted by Crippen LogP contribution is -2.17. The maximum Gasteiger partial charge on any atom is 0.238 e. The smallest absolute Gasteiger partial charge is 0.238 e. The highest BCUT2D eigenvalue weighted by molar-refractivity contribution is 6.29. The van der Waals surface area contributed by atoms with Gasteiger partial charge in [0.2, 0.25) is 12.4 Å². The number of amides is 1. The molecule has 5 nitrogen and oxygen atoms in total. The Balaban J connectivity index is 1.81. The Morgan fingerprint density at radius 3 is 2.52 bits per heavy atom. The second kappa shape index (κ2) is 6.98. The van der Waals surface area contributed by atoms with E-state index in [2.05, 4.69) is 15.0 Å². The molecule has 0 saturated carbocycles. The average molecular weight is 325 g/mol. The van der Waals surface area contributed by atoms with Crippen molar-refractivity contribution < 1.29 is 4.79 Å². The molecule has 114 valence electrons. The van der Waals surface area contributed by atoms with Crippen LogP contribution < -0.4 is 4.90 Å². The van der Waals surface area contributed by atoms with Gasteiger partial charge in [-0.25, -0.2) is 9.97 Å². The van der Waals surface area contributed by atoms with Gasteiger partial charge in [0.15, 0.2) is 0 Å². The van der Waals surface area contributed by atoms with Crippen molar-refractivity contribution in [1.29, 1.82) is 0 Å². The molecule has 0 bridgehead atoms. The van der Waals surface area contributed by atoms with Gasteiger partial charge in [-0.1, -0.05) is 29.8 Å². The Morgan fingerprint density at radius 1 is 1.04 bits per heavy atom. The largest absolute Gasteiger partial charge is 0.278 e. The van der Waals surface area contributed by atoms with Gasteiger partial charge in [0.05, 0.1) is 5.69 Å². The lowest BCUT2D eigenvalue weighted by Gasteiger charge is -2.15. The number of hydrogen-bond donors (Lipinski definition) is 0. The predicted octanol–water partition coefficient (Wildman–Crippen LogP) is 3.41. The summed E-state index contributed by atoms with van der Waals surface area (Å²) < 4.78 is 0. The second-order valence-corrected chi connectivity index (χ2v) is 5.25. The molecule has 6 heteroatoms. The SMILES string of the molecule is O=CN(c1ccc(Cc2cccnc2)cc1)c1nccc(Cl)n1. The fraction of sp³-hybridized carbons (Fsp3) is 0.0588. The minimum Gasteiger partial charge on any atom is -0.278 e. The molecular formula is C17H13ClN4O. The number of carbonyl (C=O) groups is 1. The number of aromatic nitrogens is 3. The van der Waals surface area contributed by atoms with E-state index in [4.69, 9.17) is 11.6 Å². The zero-order valence-corrected chi connectivity index (χ0v) is 12.9. The first-order valence-electron chi connectivity index (χ1n) is 6.97. The zero-order valence-electron chi connectivity index (χ0n) is 12.1. The lowest BCUT2D eigenvalue weighted by atomic mass is 10.1. The summed E-state index contributed by atoms with van der Waals surface area (Å²) in [6.07, 6.45) is 6.55. The summed E-state index contributed by atoms with van der Waals surface area (Å²) in [5, 5.41) is 0.287. The van der Waals surface area contributed by atoms with Gasteiger partial charge in [0, 0.05) is 18.6 Å². The number of halogens is 1. The summed E-state index contributed by atoms with van der Waals surface area (Å²) in [5.74, 6) is 0.243. The molecule has 0 fully saturated rings. The van der Waals surface area contributed by atoms with E-state index in [1.54, 1.807) is 12.3 Å². The van der Waals surface area contributed by atoms with Crippen LogP contribution in [0.2, 0.25) is 5.15 Å². The Bertz CT molecular complexity index is 793. The van der Waals surface area contributed by atoms with Crippen molar-refractivity contribution in [3.8, 4) is 0 Å². The summed E-state index contributed by atoms with van der Waals surface area (Å²) in [4.78, 5) is 25.0. The van der Waals surface area contributed by atoms with Crippen molar-refractivity contribution in [2.45, 2.75) is 6.42 Å². The van der Waals surface area contributed by atoms with Crippen LogP contribution in [0.25, 0.3) is 0 Å². The van der Waals surface area contributed by atoms with Gasteiger partial charge >= 0.3 is 0 Å². The molecule has 0 atom stereocenters. The van der Waals surface area contributed by atoms with Crippen LogP contribution in [0.4, 0.5) is 11.6 Å². The Hall–Kier alpha value is -2.79. The van der Waals surface area contributed by atoms with Crippen LogP contribution in [0.15, 0.2) is 61.1 Å². The third-order valence-electron chi connectivity index (χ3n) is 3.28. The molecule has 3 rings (SSSR count). The highest BCUT2D eigenvalue weighted by Gasteiger charge is 2.11. The Morgan fingerprint density at radius 2 is 1.87 bits per heavy atom. The predicted molar refractivity (Wildman–Crippen MR) is 88.7 cm³/mol. The van der Waals surface area contributed by atoms with Crippen molar-refractivity contribution in [1.82, 2.24) is 15.0 Å². The van der Waals surface area contributed by atoms with Crippen LogP contribution in [0.3, 0.4) is 0 Å². The van der Waals surface area contributed by atoms with E-state index in [9.17, 15) is 4.79 Å². The fourth-order valence-electron chi connectivity index (χ4n) is 2.18. The molecule has 1 amide bonds. The highest BCUT2D eigenvalue weighted by atomic mass is 35.5. The van der Waals surface area contributed by atoms with Crippen LogP contribution in [-0.4, -0.2) is 21.4 Å². The lowest BCUT2D eigenvalue weighted by molar-refractivity contribution is -0.106. The van der Waals surface area contributed by atoms with Crippen LogP contribution in [0.1, 0.15) is 11.1 Å². The molecule has 0 spiro atoms. The topological polar surface area (TPSA) is 59.0 Å². The van der Waals surface area contributed by atoms with Crippen LogP contribution in [-0.2, 0) is 11.2 Å². The van der Waals surface area contributed by atoms with E-state index in [0.717, 1.165) is 17.5 Å². The first kappa shape index (κ1) is 15.1. The maximum absolute atomic E-state index is 11.4. The van der Waals surface area contributed by atoms with E-state index in [-0.39, 0.29) is 11.1 Å². The molecule has 2 heterocycles. The first-order chi connectivity index (χ1) is 11.3. The molecular weight excluding hydrogens is 312 g/mol. The summed E-state index contributed by atoms with van der Waals surface area (Å²) in [5.41, 5.74) is 2.93. The molecule has 0 aliphatic heterocycles. The molecule has 23 heavy (non-hydrogen) atoms. The Kier molecular flexibility index (Phi) is 4.59. The summed E-state index contributed by atoms with van der Waals surface area (Å²) in [7, 11) is 0. The molecule has 0 saturated heterocycles. The number of rotatable bonds is 5. The average Bonchev–Trinajstić information content (AvgIpc) is 2.58. The van der Waals surface area contributed by atoms with Crippen molar-refractivity contribution in [3.63, 3.8) is 0 Å². The van der Waals surface area contributed by atoms with Gasteiger partial charge < -0.3 is 0 Å². The van der Waals surface area contributed by atoms with Gasteiger partial charge in [-0.05, 0) is 41.8 Å². The highest BCUT2D eigenvalue weighted by Crippen LogP contribution is 2.22. The number of pyridine rings is 1. The van der Waals surface area contributed by atoms with E-state index >= 15 is 0 Å². The molecule has 0 aliphatic carbocycles. The van der Waals surface area contributed by atoms with Crippen LogP contribution in [0, 0.1) is 0 Å². The first-order valence-corrected chi connectivity index (χ1v) is 7.35. The molecule has 0 N–H and O–H groups in total. The molecule has 3 aromatic rings. The summed E-state index contributed by atoms with van der Waals surface area (Å²) in [6.45, 7) is 0. The van der Waals surface area contributed by atoms with Gasteiger partial charge in [-0.15, -0.1) is 0 Å². The second-order valence-electron chi connectivity index (χ2n) is 4.86. The van der Waals surface area contributed by atoms with E-state index in [0.29, 0.717) is 12.1 Å². The van der Waals surface area contributed by atoms with Gasteiger partial charge in [0.1, 0.15) is 5.15 Å². The molecule has 0 radical (unpaired) electrons. The molecule has 1 aromatic carbocycles. The van der Waals surface area contributed by atoms with Crippen molar-refractivity contribution in [2.75, 3.05) is 4.90 Å². The number of carbonyl (C=O) groups excluding carboxylic acids is 1. The normalized spacial score (nSPS) is 10.3. The van der Waals surface area contributed by atoms with Crippen LogP contribution in [0.5, 0.6) is 0 Å². The van der Waals surface area contributed by atoms with Crippen molar-refractivity contribution >= 4 is 29.6 Å². The fourth-order valence-corrected chi connectivity index (χ4v) is 2.31. The number of benzene rings is 1. The zero-order chi connectivity index (χ0) is 16.1. The number of anilines is 2. The quantitative estimate of drug-likeness (QED) is 0.533. The van der Waals surface area contributed by atoms with E-state index < -0.39 is 0 Å². The minimum atomic E-state index is 0.243. The summed E-state index contributed by atoms with van der Waals surface area (Å²) in [6, 6.07) is 13.1. The molecule has 0 aliphatic rings. The van der Waals surface area contributed by atoms with Crippen molar-refractivity contribution in [2.24, 2.45) is 0 Å². The number of hydrogen-bond acceptors (Lipinski definition) is 4. The minimum absolute atomic E-state index is 0.243. The van der Waals surface area contributed by atoms with Crippen LogP contribution >= 0.6 is 11.6 Å². The van der Waals surface area contributed by atoms with Gasteiger partial charge in [-0.3, -0.25) is 14.7 Å². The van der Waals surface area contributed by atoms with E-state index in [1.807, 2.05) is 42.6 Å². The monoisotopic (exact) mass is 324 g/mol. The molecule has 2 aromatic heterocycles. The Labute approximate surface area is 138 Å². The van der Waals surface area contributed by atoms with Gasteiger partial charge in [0.25, 0.3) is 0 Å². The van der Waals surface area contributed by atoms with Crippen molar-refractivity contribution in [3.05, 3.63) is 77.3 Å².